The number of imidazole rings is 1. The van der Waals surface area contributed by atoms with Crippen molar-refractivity contribution in [3.8, 4) is 6.07 Å². The topological polar surface area (TPSA) is 88.9 Å². The molecule has 1 aliphatic rings. The van der Waals surface area contributed by atoms with E-state index < -0.39 is 0 Å². The maximum atomic E-state index is 13.7. The standard InChI is InChI=1S/C28H26N6O/c29-15-22-9-10-27-23(12-22)17-34(28(35)14-24-8-4-5-11-31-24)26(13-21-6-2-1-3-7-21)19-33(27)18-25-16-30-20-32-25/h1-12,16,20,26H,13-14,17-19H2,(H,30,32)/t26-/m1/s1. The van der Waals surface area contributed by atoms with Gasteiger partial charge in [-0.3, -0.25) is 9.78 Å². The van der Waals surface area contributed by atoms with E-state index in [1.807, 2.05) is 65.7 Å². The monoisotopic (exact) mass is 462 g/mol. The summed E-state index contributed by atoms with van der Waals surface area (Å²) < 4.78 is 0. The first-order valence-electron chi connectivity index (χ1n) is 11.7. The summed E-state index contributed by atoms with van der Waals surface area (Å²) >= 11 is 0. The molecule has 1 N–H and O–H groups in total. The minimum Gasteiger partial charge on any atom is -0.363 e. The molecule has 0 saturated heterocycles. The molecule has 0 aliphatic carbocycles. The fraction of sp³-hybridized carbons (Fsp3) is 0.214. The summed E-state index contributed by atoms with van der Waals surface area (Å²) in [6.45, 7) is 1.69. The van der Waals surface area contributed by atoms with Gasteiger partial charge in [-0.2, -0.15) is 5.26 Å². The molecule has 0 spiro atoms. The van der Waals surface area contributed by atoms with Gasteiger partial charge in [0.05, 0.1) is 42.7 Å². The quantitative estimate of drug-likeness (QED) is 0.470. The molecule has 5 rings (SSSR count). The number of amides is 1. The van der Waals surface area contributed by atoms with Crippen molar-refractivity contribution in [2.24, 2.45) is 0 Å². The van der Waals surface area contributed by atoms with E-state index in [4.69, 9.17) is 0 Å². The lowest BCUT2D eigenvalue weighted by molar-refractivity contribution is -0.133. The minimum absolute atomic E-state index is 0.0274. The number of nitriles is 1. The number of nitrogens with zero attached hydrogens (tertiary/aromatic N) is 5. The summed E-state index contributed by atoms with van der Waals surface area (Å²) in [5, 5.41) is 9.53. The molecule has 0 bridgehead atoms. The van der Waals surface area contributed by atoms with Crippen LogP contribution in [0.15, 0.2) is 85.5 Å². The van der Waals surface area contributed by atoms with Crippen LogP contribution in [0.5, 0.6) is 0 Å². The Balaban J connectivity index is 1.53. The molecule has 1 atom stereocenters. The van der Waals surface area contributed by atoms with E-state index in [-0.39, 0.29) is 18.4 Å². The van der Waals surface area contributed by atoms with Gasteiger partial charge in [-0.1, -0.05) is 36.4 Å². The number of pyridine rings is 1. The third-order valence-corrected chi connectivity index (χ3v) is 6.36. The SMILES string of the molecule is N#Cc1ccc2c(c1)CN(C(=O)Cc1ccccn1)[C@H](Cc1ccccc1)CN2Cc1c[nH]cn1. The summed E-state index contributed by atoms with van der Waals surface area (Å²) in [7, 11) is 0. The molecular formula is C28H26N6O. The van der Waals surface area contributed by atoms with E-state index >= 15 is 0 Å². The second-order valence-electron chi connectivity index (χ2n) is 8.76. The third kappa shape index (κ3) is 5.22. The van der Waals surface area contributed by atoms with Crippen molar-refractivity contribution in [3.63, 3.8) is 0 Å². The smallest absolute Gasteiger partial charge is 0.229 e. The van der Waals surface area contributed by atoms with Gasteiger partial charge in [0.15, 0.2) is 0 Å². The lowest BCUT2D eigenvalue weighted by atomic mass is 10.0. The van der Waals surface area contributed by atoms with Crippen molar-refractivity contribution in [1.29, 1.82) is 5.26 Å². The number of aromatic amines is 1. The van der Waals surface area contributed by atoms with Gasteiger partial charge in [-0.25, -0.2) is 4.98 Å². The average Bonchev–Trinajstić information content (AvgIpc) is 3.35. The van der Waals surface area contributed by atoms with E-state index in [1.54, 1.807) is 12.5 Å². The third-order valence-electron chi connectivity index (χ3n) is 6.36. The van der Waals surface area contributed by atoms with Gasteiger partial charge in [0.25, 0.3) is 0 Å². The Morgan fingerprint density at radius 2 is 1.91 bits per heavy atom. The van der Waals surface area contributed by atoms with E-state index in [9.17, 15) is 10.1 Å². The van der Waals surface area contributed by atoms with Gasteiger partial charge in [0.1, 0.15) is 0 Å². The summed E-state index contributed by atoms with van der Waals surface area (Å²) in [5.74, 6) is 0.0274. The zero-order chi connectivity index (χ0) is 24.0. The Hall–Kier alpha value is -4.44. The largest absolute Gasteiger partial charge is 0.363 e. The molecule has 1 aliphatic heterocycles. The van der Waals surface area contributed by atoms with E-state index in [0.29, 0.717) is 25.2 Å². The van der Waals surface area contributed by atoms with Crippen molar-refractivity contribution < 1.29 is 4.79 Å². The molecule has 0 unspecified atom stereocenters. The van der Waals surface area contributed by atoms with E-state index in [1.165, 1.54) is 5.56 Å². The van der Waals surface area contributed by atoms with Crippen molar-refractivity contribution in [2.75, 3.05) is 11.4 Å². The molecule has 7 heteroatoms. The Kier molecular flexibility index (Phi) is 6.53. The number of anilines is 1. The van der Waals surface area contributed by atoms with Crippen molar-refractivity contribution in [2.45, 2.75) is 32.0 Å². The first-order chi connectivity index (χ1) is 17.2. The Labute approximate surface area is 204 Å². The van der Waals surface area contributed by atoms with Crippen LogP contribution in [0, 0.1) is 11.3 Å². The average molecular weight is 463 g/mol. The van der Waals surface area contributed by atoms with Crippen LogP contribution in [0.25, 0.3) is 0 Å². The number of rotatable bonds is 6. The molecule has 0 saturated carbocycles. The molecule has 35 heavy (non-hydrogen) atoms. The number of hydrogen-bond acceptors (Lipinski definition) is 5. The number of carbonyl (C=O) groups excluding carboxylic acids is 1. The van der Waals surface area contributed by atoms with Crippen LogP contribution in [0.2, 0.25) is 0 Å². The highest BCUT2D eigenvalue weighted by Crippen LogP contribution is 2.31. The van der Waals surface area contributed by atoms with Crippen LogP contribution in [-0.2, 0) is 30.7 Å². The van der Waals surface area contributed by atoms with Gasteiger partial charge in [0, 0.05) is 36.9 Å². The van der Waals surface area contributed by atoms with Crippen LogP contribution < -0.4 is 4.90 Å². The maximum Gasteiger partial charge on any atom is 0.229 e. The molecule has 7 nitrogen and oxygen atoms in total. The Morgan fingerprint density at radius 1 is 1.06 bits per heavy atom. The fourth-order valence-electron chi connectivity index (χ4n) is 4.69. The summed E-state index contributed by atoms with van der Waals surface area (Å²) in [6.07, 6.45) is 6.25. The molecule has 2 aromatic heterocycles. The van der Waals surface area contributed by atoms with E-state index in [2.05, 4.69) is 38.1 Å². The lowest BCUT2D eigenvalue weighted by Gasteiger charge is -2.33. The zero-order valence-corrected chi connectivity index (χ0v) is 19.3. The number of hydrogen-bond donors (Lipinski definition) is 1. The second-order valence-corrected chi connectivity index (χ2v) is 8.76. The van der Waals surface area contributed by atoms with Crippen LogP contribution in [0.4, 0.5) is 5.69 Å². The van der Waals surface area contributed by atoms with Crippen molar-refractivity contribution in [3.05, 3.63) is 114 Å². The number of nitrogens with one attached hydrogen (secondary N) is 1. The van der Waals surface area contributed by atoms with Gasteiger partial charge >= 0.3 is 0 Å². The molecule has 3 heterocycles. The Morgan fingerprint density at radius 3 is 2.66 bits per heavy atom. The molecule has 0 radical (unpaired) electrons. The first kappa shape index (κ1) is 22.4. The maximum absolute atomic E-state index is 13.7. The fourth-order valence-corrected chi connectivity index (χ4v) is 4.69. The minimum atomic E-state index is -0.0644. The number of H-pyrrole nitrogens is 1. The van der Waals surface area contributed by atoms with Gasteiger partial charge in [0.2, 0.25) is 5.91 Å². The molecule has 1 amide bonds. The predicted molar refractivity (Wildman–Crippen MR) is 133 cm³/mol. The molecule has 4 aromatic rings. The molecule has 174 valence electrons. The van der Waals surface area contributed by atoms with Gasteiger partial charge in [-0.05, 0) is 47.9 Å². The molecule has 0 fully saturated rings. The first-order valence-corrected chi connectivity index (χ1v) is 11.7. The summed E-state index contributed by atoms with van der Waals surface area (Å²) in [5.41, 5.74) is 5.42. The number of fused-ring (bicyclic) bond motifs is 1. The zero-order valence-electron chi connectivity index (χ0n) is 19.3. The summed E-state index contributed by atoms with van der Waals surface area (Å²) in [6, 6.07) is 23.8. The van der Waals surface area contributed by atoms with Crippen molar-refractivity contribution in [1.82, 2.24) is 19.9 Å². The molecule has 2 aromatic carbocycles. The lowest BCUT2D eigenvalue weighted by Crippen LogP contribution is -2.46. The van der Waals surface area contributed by atoms with E-state index in [0.717, 1.165) is 29.1 Å². The highest BCUT2D eigenvalue weighted by atomic mass is 16.2. The number of aromatic nitrogens is 3. The number of carbonyl (C=O) groups is 1. The molecular weight excluding hydrogens is 436 g/mol. The van der Waals surface area contributed by atoms with Gasteiger partial charge < -0.3 is 14.8 Å². The highest BCUT2D eigenvalue weighted by Gasteiger charge is 2.31. The van der Waals surface area contributed by atoms with Crippen LogP contribution in [0.3, 0.4) is 0 Å². The van der Waals surface area contributed by atoms with Gasteiger partial charge in [-0.15, -0.1) is 0 Å². The normalized spacial score (nSPS) is 15.2. The predicted octanol–water partition coefficient (Wildman–Crippen LogP) is 3.88. The Bertz CT molecular complexity index is 1310. The van der Waals surface area contributed by atoms with Crippen LogP contribution in [0.1, 0.15) is 28.1 Å². The number of benzene rings is 2. The van der Waals surface area contributed by atoms with Crippen LogP contribution in [-0.4, -0.2) is 38.3 Å². The second kappa shape index (κ2) is 10.2. The highest BCUT2D eigenvalue weighted by molar-refractivity contribution is 5.79. The summed E-state index contributed by atoms with van der Waals surface area (Å²) in [4.78, 5) is 29.8. The van der Waals surface area contributed by atoms with Crippen LogP contribution >= 0.6 is 0 Å². The van der Waals surface area contributed by atoms with Crippen molar-refractivity contribution >= 4 is 11.6 Å².